The zero-order valence-corrected chi connectivity index (χ0v) is 16.6. The lowest BCUT2D eigenvalue weighted by Gasteiger charge is -2.36. The summed E-state index contributed by atoms with van der Waals surface area (Å²) in [4.78, 5) is 28.9. The molecule has 2 heterocycles. The average molecular weight is 386 g/mol. The van der Waals surface area contributed by atoms with Crippen LogP contribution in [0.25, 0.3) is 0 Å². The van der Waals surface area contributed by atoms with Crippen LogP contribution in [0.4, 0.5) is 10.1 Å². The summed E-state index contributed by atoms with van der Waals surface area (Å²) in [6, 6.07) is 7.63. The lowest BCUT2D eigenvalue weighted by molar-refractivity contribution is -0.122. The van der Waals surface area contributed by atoms with Crippen LogP contribution >= 0.6 is 0 Å². The quantitative estimate of drug-likeness (QED) is 0.853. The second-order valence-electron chi connectivity index (χ2n) is 7.45. The van der Waals surface area contributed by atoms with Crippen molar-refractivity contribution in [3.63, 3.8) is 0 Å². The molecule has 0 aliphatic carbocycles. The van der Waals surface area contributed by atoms with Gasteiger partial charge in [-0.05, 0) is 50.7 Å². The molecule has 1 aromatic heterocycles. The van der Waals surface area contributed by atoms with E-state index in [9.17, 15) is 14.0 Å². The van der Waals surface area contributed by atoms with Crippen LogP contribution in [0, 0.1) is 12.7 Å². The summed E-state index contributed by atoms with van der Waals surface area (Å²) < 4.78 is 15.3. The van der Waals surface area contributed by atoms with E-state index in [2.05, 4.69) is 22.2 Å². The summed E-state index contributed by atoms with van der Waals surface area (Å²) in [7, 11) is 2.08. The first kappa shape index (κ1) is 20.1. The molecule has 2 aromatic rings. The molecule has 1 saturated heterocycles. The molecule has 1 aliphatic rings. The summed E-state index contributed by atoms with van der Waals surface area (Å²) in [5.41, 5.74) is 2.32. The van der Waals surface area contributed by atoms with Gasteiger partial charge in [-0.25, -0.2) is 4.39 Å². The van der Waals surface area contributed by atoms with Gasteiger partial charge in [-0.2, -0.15) is 0 Å². The van der Waals surface area contributed by atoms with Crippen molar-refractivity contribution in [2.75, 3.05) is 38.1 Å². The molecule has 1 aliphatic heterocycles. The standard InChI is InChI=1S/C21H27FN4O2/c1-15-6-7-26(21(28)12-15)14-20(27)23-16(2)18-13-17(22)4-5-19(18)25-10-8-24(3)9-11-25/h4-7,12-13,16H,8-11,14H2,1-3H3,(H,23,27). The first-order chi connectivity index (χ1) is 13.3. The van der Waals surface area contributed by atoms with Gasteiger partial charge in [0.25, 0.3) is 5.56 Å². The number of anilines is 1. The molecule has 0 radical (unpaired) electrons. The SMILES string of the molecule is Cc1ccn(CC(=O)NC(C)c2cc(F)ccc2N2CCN(C)CC2)c(=O)c1. The fraction of sp³-hybridized carbons (Fsp3) is 0.429. The number of aromatic nitrogens is 1. The van der Waals surface area contributed by atoms with Gasteiger partial charge in [0, 0.05) is 49.7 Å². The van der Waals surface area contributed by atoms with Gasteiger partial charge < -0.3 is 19.7 Å². The van der Waals surface area contributed by atoms with Crippen molar-refractivity contribution >= 4 is 11.6 Å². The Morgan fingerprint density at radius 3 is 2.57 bits per heavy atom. The summed E-state index contributed by atoms with van der Waals surface area (Å²) in [6.07, 6.45) is 1.61. The second kappa shape index (κ2) is 8.56. The highest BCUT2D eigenvalue weighted by Crippen LogP contribution is 2.28. The predicted octanol–water partition coefficient (Wildman–Crippen LogP) is 1.93. The van der Waals surface area contributed by atoms with Gasteiger partial charge >= 0.3 is 0 Å². The first-order valence-electron chi connectivity index (χ1n) is 9.53. The minimum atomic E-state index is -0.376. The Balaban J connectivity index is 1.74. The molecule has 1 unspecified atom stereocenters. The number of carbonyl (C=O) groups excluding carboxylic acids is 1. The number of hydrogen-bond donors (Lipinski definition) is 1. The third-order valence-electron chi connectivity index (χ3n) is 5.14. The van der Waals surface area contributed by atoms with E-state index in [-0.39, 0.29) is 29.9 Å². The Bertz CT molecular complexity index is 904. The van der Waals surface area contributed by atoms with Crippen LogP contribution in [0.5, 0.6) is 0 Å². The molecule has 0 saturated carbocycles. The number of likely N-dealkylation sites (N-methyl/N-ethyl adjacent to an activating group) is 1. The number of aryl methyl sites for hydroxylation is 1. The number of pyridine rings is 1. The molecule has 1 atom stereocenters. The Hall–Kier alpha value is -2.67. The van der Waals surface area contributed by atoms with Crippen molar-refractivity contribution in [1.29, 1.82) is 0 Å². The van der Waals surface area contributed by atoms with E-state index in [4.69, 9.17) is 0 Å². The maximum atomic E-state index is 13.9. The minimum Gasteiger partial charge on any atom is -0.369 e. The van der Waals surface area contributed by atoms with Gasteiger partial charge in [0.1, 0.15) is 12.4 Å². The third kappa shape index (κ3) is 4.78. The van der Waals surface area contributed by atoms with E-state index in [0.717, 1.165) is 43.0 Å². The second-order valence-corrected chi connectivity index (χ2v) is 7.45. The van der Waals surface area contributed by atoms with E-state index >= 15 is 0 Å². The van der Waals surface area contributed by atoms with Crippen molar-refractivity contribution in [3.05, 3.63) is 63.8 Å². The average Bonchev–Trinajstić information content (AvgIpc) is 2.65. The van der Waals surface area contributed by atoms with E-state index < -0.39 is 0 Å². The highest BCUT2D eigenvalue weighted by Gasteiger charge is 2.21. The summed E-state index contributed by atoms with van der Waals surface area (Å²) in [5, 5.41) is 2.90. The highest BCUT2D eigenvalue weighted by atomic mass is 19.1. The van der Waals surface area contributed by atoms with E-state index in [0.29, 0.717) is 0 Å². The van der Waals surface area contributed by atoms with Crippen LogP contribution in [0.3, 0.4) is 0 Å². The van der Waals surface area contributed by atoms with Crippen LogP contribution in [-0.4, -0.2) is 48.6 Å². The van der Waals surface area contributed by atoms with Crippen molar-refractivity contribution < 1.29 is 9.18 Å². The van der Waals surface area contributed by atoms with E-state index in [1.54, 1.807) is 18.3 Å². The van der Waals surface area contributed by atoms with Crippen molar-refractivity contribution in [2.24, 2.45) is 0 Å². The molecule has 1 fully saturated rings. The van der Waals surface area contributed by atoms with Gasteiger partial charge in [0.05, 0.1) is 6.04 Å². The molecule has 1 amide bonds. The van der Waals surface area contributed by atoms with Gasteiger partial charge in [0.2, 0.25) is 5.91 Å². The molecule has 1 N–H and O–H groups in total. The molecule has 6 nitrogen and oxygen atoms in total. The molecule has 28 heavy (non-hydrogen) atoms. The number of rotatable bonds is 5. The third-order valence-corrected chi connectivity index (χ3v) is 5.14. The number of amides is 1. The Morgan fingerprint density at radius 2 is 1.89 bits per heavy atom. The highest BCUT2D eigenvalue weighted by molar-refractivity contribution is 5.76. The Kier molecular flexibility index (Phi) is 6.14. The van der Waals surface area contributed by atoms with Gasteiger partial charge in [-0.1, -0.05) is 0 Å². The normalized spacial score (nSPS) is 16.1. The monoisotopic (exact) mass is 386 g/mol. The number of hydrogen-bond acceptors (Lipinski definition) is 4. The first-order valence-corrected chi connectivity index (χ1v) is 9.53. The van der Waals surface area contributed by atoms with Gasteiger partial charge in [-0.3, -0.25) is 9.59 Å². The molecule has 150 valence electrons. The number of benzene rings is 1. The Labute approximate surface area is 164 Å². The Morgan fingerprint density at radius 1 is 1.18 bits per heavy atom. The molecule has 3 rings (SSSR count). The lowest BCUT2D eigenvalue weighted by Crippen LogP contribution is -2.45. The number of nitrogens with zero attached hydrogens (tertiary/aromatic N) is 3. The van der Waals surface area contributed by atoms with Crippen molar-refractivity contribution in [2.45, 2.75) is 26.4 Å². The van der Waals surface area contributed by atoms with Crippen LogP contribution in [0.15, 0.2) is 41.3 Å². The van der Waals surface area contributed by atoms with Crippen LogP contribution in [0.2, 0.25) is 0 Å². The van der Waals surface area contributed by atoms with Gasteiger partial charge in [-0.15, -0.1) is 0 Å². The number of halogens is 1. The molecular formula is C21H27FN4O2. The smallest absolute Gasteiger partial charge is 0.251 e. The van der Waals surface area contributed by atoms with Gasteiger partial charge in [0.15, 0.2) is 0 Å². The van der Waals surface area contributed by atoms with Crippen LogP contribution in [0.1, 0.15) is 24.1 Å². The minimum absolute atomic E-state index is 0.0669. The fourth-order valence-electron chi connectivity index (χ4n) is 3.46. The number of nitrogens with one attached hydrogen (secondary N) is 1. The number of carbonyl (C=O) groups is 1. The topological polar surface area (TPSA) is 57.6 Å². The van der Waals surface area contributed by atoms with Crippen LogP contribution < -0.4 is 15.8 Å². The molecule has 0 bridgehead atoms. The predicted molar refractivity (Wildman–Crippen MR) is 108 cm³/mol. The maximum Gasteiger partial charge on any atom is 0.251 e. The number of piperazine rings is 1. The zero-order chi connectivity index (χ0) is 20.3. The zero-order valence-electron chi connectivity index (χ0n) is 16.6. The molecular weight excluding hydrogens is 359 g/mol. The van der Waals surface area contributed by atoms with Crippen molar-refractivity contribution in [1.82, 2.24) is 14.8 Å². The molecule has 0 spiro atoms. The summed E-state index contributed by atoms with van der Waals surface area (Å²) >= 11 is 0. The molecule has 7 heteroatoms. The largest absolute Gasteiger partial charge is 0.369 e. The van der Waals surface area contributed by atoms with E-state index in [1.165, 1.54) is 22.8 Å². The van der Waals surface area contributed by atoms with E-state index in [1.807, 2.05) is 13.8 Å². The van der Waals surface area contributed by atoms with Crippen molar-refractivity contribution in [3.8, 4) is 0 Å². The molecule has 1 aromatic carbocycles. The summed E-state index contributed by atoms with van der Waals surface area (Å²) in [6.45, 7) is 7.19. The van der Waals surface area contributed by atoms with Crippen LogP contribution in [-0.2, 0) is 11.3 Å². The maximum absolute atomic E-state index is 13.9. The lowest BCUT2D eigenvalue weighted by atomic mass is 10.0. The summed E-state index contributed by atoms with van der Waals surface area (Å²) in [5.74, 6) is -0.615. The fourth-order valence-corrected chi connectivity index (χ4v) is 3.46.